The van der Waals surface area contributed by atoms with E-state index in [-0.39, 0.29) is 11.9 Å². The number of methoxy groups -OCH3 is 1. The Morgan fingerprint density at radius 2 is 1.15 bits per heavy atom. The van der Waals surface area contributed by atoms with Crippen LogP contribution in [0.1, 0.15) is 74.8 Å². The highest BCUT2D eigenvalue weighted by atomic mass is 16.7. The molecule has 2 aliphatic heterocycles. The summed E-state index contributed by atoms with van der Waals surface area (Å²) in [5, 5.41) is -0.953. The molecule has 0 N–H and O–H groups in total. The second-order valence-electron chi connectivity index (χ2n) is 11.6. The second-order valence-corrected chi connectivity index (χ2v) is 11.6. The van der Waals surface area contributed by atoms with Crippen molar-refractivity contribution in [2.24, 2.45) is 11.8 Å². The summed E-state index contributed by atoms with van der Waals surface area (Å²) in [7, 11) is -0.0253. The molecule has 0 radical (unpaired) electrons. The van der Waals surface area contributed by atoms with Crippen LogP contribution in [0.5, 0.6) is 0 Å². The van der Waals surface area contributed by atoms with E-state index in [9.17, 15) is 4.79 Å². The van der Waals surface area contributed by atoms with Crippen LogP contribution in [0.4, 0.5) is 0 Å². The summed E-state index contributed by atoms with van der Waals surface area (Å²) >= 11 is 0. The van der Waals surface area contributed by atoms with Crippen molar-refractivity contribution in [1.82, 2.24) is 0 Å². The predicted octanol–water partition coefficient (Wildman–Crippen LogP) is 4.63. The number of esters is 1. The third-order valence-electron chi connectivity index (χ3n) is 8.64. The van der Waals surface area contributed by atoms with Crippen LogP contribution < -0.4 is 0 Å². The van der Waals surface area contributed by atoms with E-state index in [0.29, 0.717) is 0 Å². The summed E-state index contributed by atoms with van der Waals surface area (Å²) in [4.78, 5) is 12.8. The van der Waals surface area contributed by atoms with Crippen molar-refractivity contribution in [3.05, 3.63) is 35.9 Å². The van der Waals surface area contributed by atoms with E-state index in [2.05, 4.69) is 0 Å². The largest absolute Gasteiger partial charge is 0.469 e. The molecule has 1 aromatic rings. The Kier molecular flexibility index (Phi) is 6.69. The van der Waals surface area contributed by atoms with E-state index >= 15 is 0 Å². The molecule has 0 aliphatic carbocycles. The molecule has 0 aromatic heterocycles. The highest BCUT2D eigenvalue weighted by Crippen LogP contribution is 2.53. The first-order valence-corrected chi connectivity index (χ1v) is 11.9. The molecule has 2 saturated heterocycles. The number of carbonyl (C=O) groups is 1. The maximum Gasteiger partial charge on any atom is 0.467 e. The van der Waals surface area contributed by atoms with Crippen LogP contribution >= 0.6 is 0 Å². The van der Waals surface area contributed by atoms with Crippen molar-refractivity contribution in [3.8, 4) is 0 Å². The average Bonchev–Trinajstić information content (AvgIpc) is 3.07. The van der Waals surface area contributed by atoms with Crippen LogP contribution in [-0.2, 0) is 33.4 Å². The molecule has 1 aromatic carbocycles. The Labute approximate surface area is 200 Å². The number of ether oxygens (including phenoxy) is 1. The minimum absolute atomic E-state index is 0.296. The standard InChI is InChI=1S/C25H40B2O6/c1-17(20(28)29-11)18(2)25(19-15-13-12-14-16-19,26-30-21(3,4)22(5,6)31-26)27-32-23(7,8)24(9,10)33-27/h12-18H,1-11H3/t17-,18-/m1/s1. The third-order valence-corrected chi connectivity index (χ3v) is 8.64. The Bertz CT molecular complexity index is 799. The van der Waals surface area contributed by atoms with Gasteiger partial charge in [-0.1, -0.05) is 44.2 Å². The van der Waals surface area contributed by atoms with Gasteiger partial charge < -0.3 is 23.4 Å². The highest BCUT2D eigenvalue weighted by Gasteiger charge is 2.72. The van der Waals surface area contributed by atoms with Crippen LogP contribution in [0.3, 0.4) is 0 Å². The molecule has 2 atom stereocenters. The Morgan fingerprint density at radius 1 is 0.788 bits per heavy atom. The summed E-state index contributed by atoms with van der Waals surface area (Å²) < 4.78 is 31.9. The molecule has 0 spiro atoms. The summed E-state index contributed by atoms with van der Waals surface area (Å²) in [6, 6.07) is 10.0. The van der Waals surface area contributed by atoms with Crippen molar-refractivity contribution in [1.29, 1.82) is 0 Å². The first-order valence-electron chi connectivity index (χ1n) is 11.9. The van der Waals surface area contributed by atoms with Gasteiger partial charge in [-0.25, -0.2) is 0 Å². The van der Waals surface area contributed by atoms with Crippen molar-refractivity contribution >= 4 is 20.2 Å². The molecule has 6 nitrogen and oxygen atoms in total. The lowest BCUT2D eigenvalue weighted by atomic mass is 9.31. The van der Waals surface area contributed by atoms with Crippen LogP contribution in [-0.4, -0.2) is 49.7 Å². The minimum Gasteiger partial charge on any atom is -0.469 e. The van der Waals surface area contributed by atoms with E-state index in [1.807, 2.05) is 99.6 Å². The van der Waals surface area contributed by atoms with Crippen molar-refractivity contribution in [3.63, 3.8) is 0 Å². The monoisotopic (exact) mass is 458 g/mol. The molecule has 0 amide bonds. The summed E-state index contributed by atoms with van der Waals surface area (Å²) in [6.45, 7) is 20.1. The molecular formula is C25H40B2O6. The SMILES string of the molecule is COC(=O)[C@H](C)[C@@H](C)C(B1OC(C)(C)C(C)(C)O1)(B1OC(C)(C)C(C)(C)O1)c1ccccc1. The molecule has 0 saturated carbocycles. The normalized spacial score (nSPS) is 25.1. The maximum absolute atomic E-state index is 12.8. The van der Waals surface area contributed by atoms with Crippen molar-refractivity contribution < 1.29 is 28.1 Å². The number of benzene rings is 1. The van der Waals surface area contributed by atoms with Crippen molar-refractivity contribution in [2.45, 2.75) is 96.9 Å². The highest BCUT2D eigenvalue weighted by molar-refractivity contribution is 6.71. The molecule has 3 rings (SSSR count). The maximum atomic E-state index is 12.8. The average molecular weight is 458 g/mol. The van der Waals surface area contributed by atoms with E-state index in [1.165, 1.54) is 7.11 Å². The van der Waals surface area contributed by atoms with Gasteiger partial charge in [0.2, 0.25) is 0 Å². The first kappa shape index (κ1) is 26.3. The van der Waals surface area contributed by atoms with Gasteiger partial charge in [0, 0.05) is 0 Å². The molecule has 0 unspecified atom stereocenters. The fourth-order valence-electron chi connectivity index (χ4n) is 4.68. The third kappa shape index (κ3) is 4.07. The van der Waals surface area contributed by atoms with Gasteiger partial charge in [-0.15, -0.1) is 0 Å². The minimum atomic E-state index is -0.953. The molecule has 8 heteroatoms. The molecule has 33 heavy (non-hydrogen) atoms. The quantitative estimate of drug-likeness (QED) is 0.458. The Balaban J connectivity index is 2.28. The second kappa shape index (κ2) is 8.40. The summed E-state index contributed by atoms with van der Waals surface area (Å²) in [5.41, 5.74) is -1.36. The molecule has 182 valence electrons. The predicted molar refractivity (Wildman–Crippen MR) is 131 cm³/mol. The van der Waals surface area contributed by atoms with E-state index in [0.717, 1.165) is 5.56 Å². The fourth-order valence-corrected chi connectivity index (χ4v) is 4.68. The lowest BCUT2D eigenvalue weighted by Gasteiger charge is -2.43. The number of hydrogen-bond acceptors (Lipinski definition) is 6. The van der Waals surface area contributed by atoms with Gasteiger partial charge in [0.25, 0.3) is 0 Å². The van der Waals surface area contributed by atoms with Gasteiger partial charge in [0.05, 0.1) is 40.6 Å². The lowest BCUT2D eigenvalue weighted by molar-refractivity contribution is -0.146. The smallest absolute Gasteiger partial charge is 0.467 e. The molecule has 2 aliphatic rings. The number of carbonyl (C=O) groups excluding carboxylic acids is 1. The first-order chi connectivity index (χ1) is 15.0. The lowest BCUT2D eigenvalue weighted by Crippen LogP contribution is -2.63. The zero-order chi connectivity index (χ0) is 25.0. The van der Waals surface area contributed by atoms with Gasteiger partial charge in [-0.3, -0.25) is 4.79 Å². The van der Waals surface area contributed by atoms with Gasteiger partial charge in [0.15, 0.2) is 0 Å². The fraction of sp³-hybridized carbons (Fsp3) is 0.720. The topological polar surface area (TPSA) is 63.2 Å². The van der Waals surface area contributed by atoms with E-state index in [4.69, 9.17) is 23.4 Å². The molecular weight excluding hydrogens is 418 g/mol. The Hall–Kier alpha value is -1.34. The molecule has 2 heterocycles. The summed E-state index contributed by atoms with van der Waals surface area (Å²) in [5.74, 6) is -1.07. The zero-order valence-electron chi connectivity index (χ0n) is 22.1. The van der Waals surface area contributed by atoms with Gasteiger partial charge in [-0.05, 0) is 66.9 Å². The van der Waals surface area contributed by atoms with Gasteiger partial charge in [0.1, 0.15) is 0 Å². The van der Waals surface area contributed by atoms with Crippen LogP contribution in [0, 0.1) is 11.8 Å². The summed E-state index contributed by atoms with van der Waals surface area (Å²) in [6.07, 6.45) is 0. The van der Waals surface area contributed by atoms with Crippen LogP contribution in [0.2, 0.25) is 0 Å². The molecule has 2 fully saturated rings. The zero-order valence-corrected chi connectivity index (χ0v) is 22.1. The van der Waals surface area contributed by atoms with Gasteiger partial charge >= 0.3 is 20.2 Å². The molecule has 0 bridgehead atoms. The van der Waals surface area contributed by atoms with E-state index < -0.39 is 47.8 Å². The van der Waals surface area contributed by atoms with Gasteiger partial charge in [-0.2, -0.15) is 0 Å². The van der Waals surface area contributed by atoms with Crippen LogP contribution in [0.15, 0.2) is 30.3 Å². The van der Waals surface area contributed by atoms with Crippen molar-refractivity contribution in [2.75, 3.05) is 7.11 Å². The van der Waals surface area contributed by atoms with E-state index in [1.54, 1.807) is 0 Å². The number of hydrogen-bond donors (Lipinski definition) is 0. The number of rotatable bonds is 6. The Morgan fingerprint density at radius 3 is 1.48 bits per heavy atom. The van der Waals surface area contributed by atoms with Crippen LogP contribution in [0.25, 0.3) is 0 Å².